The molecule has 0 radical (unpaired) electrons. The van der Waals surface area contributed by atoms with Gasteiger partial charge in [0.25, 0.3) is 5.71 Å². The molecule has 0 unspecified atom stereocenters. The van der Waals surface area contributed by atoms with Gasteiger partial charge in [-0.2, -0.15) is 4.79 Å². The number of nitrogens with one attached hydrogen (secondary N) is 1. The normalized spacial score (nSPS) is 14.3. The zero-order valence-electron chi connectivity index (χ0n) is 9.50. The third-order valence-corrected chi connectivity index (χ3v) is 2.53. The largest absolute Gasteiger partial charge is 0.478 e. The first kappa shape index (κ1) is 11.8. The van der Waals surface area contributed by atoms with E-state index in [2.05, 4.69) is 10.1 Å². The van der Waals surface area contributed by atoms with Crippen molar-refractivity contribution >= 4 is 17.4 Å². The first-order valence-electron chi connectivity index (χ1n) is 5.39. The number of carboxylic acid groups (broad SMARTS) is 1. The Kier molecular flexibility index (Phi) is 3.36. The second kappa shape index (κ2) is 5.12. The number of hydrogen-bond donors (Lipinski definition) is 2. The van der Waals surface area contributed by atoms with Crippen LogP contribution in [0.5, 0.6) is 0 Å². The van der Waals surface area contributed by atoms with E-state index in [-0.39, 0.29) is 5.57 Å². The van der Waals surface area contributed by atoms with E-state index in [1.807, 2.05) is 30.3 Å². The maximum Gasteiger partial charge on any atom is 0.338 e. The van der Waals surface area contributed by atoms with Crippen LogP contribution in [0.25, 0.3) is 5.53 Å². The second-order valence-corrected chi connectivity index (χ2v) is 3.77. The number of rotatable bonds is 3. The van der Waals surface area contributed by atoms with Gasteiger partial charge in [0.1, 0.15) is 0 Å². The number of benzene rings is 1. The summed E-state index contributed by atoms with van der Waals surface area (Å²) >= 11 is 0. The quantitative estimate of drug-likeness (QED) is 0.627. The van der Waals surface area contributed by atoms with Gasteiger partial charge in [0.15, 0.2) is 0 Å². The molecule has 5 nitrogen and oxygen atoms in total. The molecule has 0 bridgehead atoms. The molecule has 1 aliphatic carbocycles. The molecule has 90 valence electrons. The maximum absolute atomic E-state index is 11.1. The fraction of sp³-hybridized carbons (Fsp3) is 0.0769. The number of aliphatic carboxylic acids is 1. The van der Waals surface area contributed by atoms with E-state index in [4.69, 9.17) is 10.6 Å². The van der Waals surface area contributed by atoms with Gasteiger partial charge in [-0.3, -0.25) is 0 Å². The van der Waals surface area contributed by atoms with Crippen LogP contribution >= 0.6 is 0 Å². The molecule has 0 atom stereocenters. The summed E-state index contributed by atoms with van der Waals surface area (Å²) in [4.78, 5) is 14.2. The summed E-state index contributed by atoms with van der Waals surface area (Å²) in [5.41, 5.74) is 10.4. The number of anilines is 1. The third-order valence-electron chi connectivity index (χ3n) is 2.53. The highest BCUT2D eigenvalue weighted by Gasteiger charge is 2.21. The smallest absolute Gasteiger partial charge is 0.338 e. The van der Waals surface area contributed by atoms with Crippen LogP contribution in [0, 0.1) is 0 Å². The molecular weight excluding hydrogens is 230 g/mol. The highest BCUT2D eigenvalue weighted by atomic mass is 16.4. The van der Waals surface area contributed by atoms with Gasteiger partial charge in [0, 0.05) is 17.5 Å². The Morgan fingerprint density at radius 1 is 1.33 bits per heavy atom. The Labute approximate surface area is 104 Å². The van der Waals surface area contributed by atoms with E-state index < -0.39 is 5.97 Å². The molecule has 5 heteroatoms. The highest BCUT2D eigenvalue weighted by molar-refractivity contribution is 6.05. The van der Waals surface area contributed by atoms with Gasteiger partial charge >= 0.3 is 5.97 Å². The monoisotopic (exact) mass is 241 g/mol. The van der Waals surface area contributed by atoms with Crippen LogP contribution < -0.4 is 5.32 Å². The molecular formula is C13H11N3O2. The van der Waals surface area contributed by atoms with Crippen LogP contribution in [-0.4, -0.2) is 21.6 Å². The van der Waals surface area contributed by atoms with Crippen molar-refractivity contribution in [2.75, 3.05) is 5.32 Å². The number of allylic oxidation sites excluding steroid dienone is 2. The number of nitrogens with zero attached hydrogens (tertiary/aromatic N) is 2. The molecule has 0 saturated heterocycles. The molecule has 18 heavy (non-hydrogen) atoms. The maximum atomic E-state index is 11.1. The van der Waals surface area contributed by atoms with Gasteiger partial charge in [-0.05, 0) is 18.2 Å². The van der Waals surface area contributed by atoms with Crippen molar-refractivity contribution in [1.82, 2.24) is 0 Å². The average Bonchev–Trinajstić information content (AvgIpc) is 2.40. The Morgan fingerprint density at radius 3 is 2.67 bits per heavy atom. The van der Waals surface area contributed by atoms with Gasteiger partial charge in [0.2, 0.25) is 0 Å². The topological polar surface area (TPSA) is 85.7 Å². The molecule has 0 amide bonds. The van der Waals surface area contributed by atoms with Crippen LogP contribution in [0.2, 0.25) is 0 Å². The fourth-order valence-electron chi connectivity index (χ4n) is 1.66. The molecule has 1 aromatic rings. The number of hydrogen-bond acceptors (Lipinski definition) is 2. The van der Waals surface area contributed by atoms with Crippen molar-refractivity contribution in [2.24, 2.45) is 0 Å². The van der Waals surface area contributed by atoms with E-state index in [0.29, 0.717) is 17.8 Å². The Bertz CT molecular complexity index is 582. The summed E-state index contributed by atoms with van der Waals surface area (Å²) in [6, 6.07) is 9.28. The van der Waals surface area contributed by atoms with Gasteiger partial charge in [-0.1, -0.05) is 18.2 Å². The second-order valence-electron chi connectivity index (χ2n) is 3.77. The predicted octanol–water partition coefficient (Wildman–Crippen LogP) is 2.07. The average molecular weight is 241 g/mol. The Balaban J connectivity index is 2.28. The Morgan fingerprint density at radius 2 is 2.06 bits per heavy atom. The molecule has 0 aromatic heterocycles. The molecule has 1 aliphatic rings. The zero-order valence-corrected chi connectivity index (χ0v) is 9.50. The molecule has 0 aliphatic heterocycles. The highest BCUT2D eigenvalue weighted by Crippen LogP contribution is 2.20. The minimum absolute atomic E-state index is 0.0814. The van der Waals surface area contributed by atoms with E-state index >= 15 is 0 Å². The Hall–Kier alpha value is -2.65. The van der Waals surface area contributed by atoms with Crippen molar-refractivity contribution < 1.29 is 14.7 Å². The van der Waals surface area contributed by atoms with Crippen LogP contribution in [0.1, 0.15) is 6.42 Å². The SMILES string of the molecule is [N-]=[N+]=C1C=C(C(=O)O)C(Nc2ccccc2)=CC1. The standard InChI is InChI=1S/C13H11N3O2/c14-16-10-6-7-12(11(8-10)13(17)18)15-9-4-2-1-3-5-9/h1-5,7-8,15H,6H2,(H,17,18). The van der Waals surface area contributed by atoms with E-state index in [1.165, 1.54) is 6.08 Å². The summed E-state index contributed by atoms with van der Waals surface area (Å²) in [5.74, 6) is -1.06. The van der Waals surface area contributed by atoms with Crippen LogP contribution in [-0.2, 0) is 4.79 Å². The molecule has 1 aromatic carbocycles. The summed E-state index contributed by atoms with van der Waals surface area (Å²) < 4.78 is 0. The molecule has 0 fully saturated rings. The first-order valence-corrected chi connectivity index (χ1v) is 5.39. The van der Waals surface area contributed by atoms with Crippen LogP contribution in [0.15, 0.2) is 53.8 Å². The molecule has 0 saturated carbocycles. The lowest BCUT2D eigenvalue weighted by atomic mass is 10.0. The van der Waals surface area contributed by atoms with Gasteiger partial charge < -0.3 is 16.0 Å². The molecule has 0 spiro atoms. The van der Waals surface area contributed by atoms with Gasteiger partial charge in [0.05, 0.1) is 12.0 Å². The zero-order chi connectivity index (χ0) is 13.0. The molecule has 0 heterocycles. The lowest BCUT2D eigenvalue weighted by Gasteiger charge is -2.13. The van der Waals surface area contributed by atoms with Crippen LogP contribution in [0.3, 0.4) is 0 Å². The minimum Gasteiger partial charge on any atom is -0.478 e. The van der Waals surface area contributed by atoms with Crippen molar-refractivity contribution in [2.45, 2.75) is 6.42 Å². The number of carbonyl (C=O) groups is 1. The lowest BCUT2D eigenvalue weighted by Crippen LogP contribution is -2.16. The summed E-state index contributed by atoms with van der Waals surface area (Å²) in [6.07, 6.45) is 3.43. The first-order chi connectivity index (χ1) is 8.70. The number of carboxylic acids is 1. The van der Waals surface area contributed by atoms with E-state index in [9.17, 15) is 4.79 Å². The van der Waals surface area contributed by atoms with E-state index in [0.717, 1.165) is 5.69 Å². The minimum atomic E-state index is -1.06. The van der Waals surface area contributed by atoms with Crippen LogP contribution in [0.4, 0.5) is 5.69 Å². The molecule has 2 N–H and O–H groups in total. The number of para-hydroxylation sites is 1. The molecule has 2 rings (SSSR count). The van der Waals surface area contributed by atoms with Crippen molar-refractivity contribution in [1.29, 1.82) is 0 Å². The third kappa shape index (κ3) is 2.53. The van der Waals surface area contributed by atoms with E-state index in [1.54, 1.807) is 6.08 Å². The summed E-state index contributed by atoms with van der Waals surface area (Å²) in [6.45, 7) is 0. The van der Waals surface area contributed by atoms with Gasteiger partial charge in [-0.25, -0.2) is 4.79 Å². The predicted molar refractivity (Wildman–Crippen MR) is 67.1 cm³/mol. The fourth-order valence-corrected chi connectivity index (χ4v) is 1.66. The van der Waals surface area contributed by atoms with Gasteiger partial charge in [-0.15, -0.1) is 0 Å². The summed E-state index contributed by atoms with van der Waals surface area (Å²) in [7, 11) is 0. The lowest BCUT2D eigenvalue weighted by molar-refractivity contribution is -0.132. The van der Waals surface area contributed by atoms with Crippen molar-refractivity contribution in [3.63, 3.8) is 0 Å². The summed E-state index contributed by atoms with van der Waals surface area (Å²) in [5, 5.41) is 12.1. The van der Waals surface area contributed by atoms with Crippen molar-refractivity contribution in [3.05, 3.63) is 59.3 Å². The van der Waals surface area contributed by atoms with Crippen molar-refractivity contribution in [3.8, 4) is 0 Å².